The molecule has 0 spiro atoms. The van der Waals surface area contributed by atoms with E-state index in [2.05, 4.69) is 15.2 Å². The van der Waals surface area contributed by atoms with Gasteiger partial charge < -0.3 is 4.74 Å². The molecule has 1 aromatic carbocycles. The first-order valence-electron chi connectivity index (χ1n) is 10.4. The topological polar surface area (TPSA) is 95.1 Å². The molecule has 32 heavy (non-hydrogen) atoms. The first kappa shape index (κ1) is 18.0. The highest BCUT2D eigenvalue weighted by molar-refractivity contribution is 7.92. The monoisotopic (exact) mass is 469 g/mol. The second-order valence-corrected chi connectivity index (χ2v) is 8.57. The number of aryl methyl sites for hydroxylation is 1. The molecule has 3 heterocycles. The van der Waals surface area contributed by atoms with E-state index < -0.39 is 28.7 Å². The van der Waals surface area contributed by atoms with Crippen molar-refractivity contribution >= 4 is 26.6 Å². The number of rotatable bonds is 5. The van der Waals surface area contributed by atoms with Gasteiger partial charge in [-0.3, -0.25) is 8.99 Å². The minimum atomic E-state index is -4.62. The Morgan fingerprint density at radius 1 is 1.19 bits per heavy atom. The van der Waals surface area contributed by atoms with Gasteiger partial charge in [-0.25, -0.2) is 18.1 Å². The molecule has 0 aliphatic heterocycles. The summed E-state index contributed by atoms with van der Waals surface area (Å²) in [5.74, 6) is -0.189. The second kappa shape index (κ2) is 7.51. The zero-order chi connectivity index (χ0) is 25.8. The van der Waals surface area contributed by atoms with Gasteiger partial charge in [-0.2, -0.15) is 23.4 Å². The number of benzene rings is 1. The maximum absolute atomic E-state index is 13.4. The zero-order valence-electron chi connectivity index (χ0n) is 19.6. The van der Waals surface area contributed by atoms with Crippen LogP contribution < -0.4 is 9.04 Å². The minimum absolute atomic E-state index is 0.0117. The highest BCUT2D eigenvalue weighted by Gasteiger charge is 2.32. The smallest absolute Gasteiger partial charge is 0.416 e. The first-order valence-corrected chi connectivity index (χ1v) is 10.3. The Morgan fingerprint density at radius 2 is 1.97 bits per heavy atom. The standard InChI is InChI=1S/C19H17F3N6O3S/c1-26-17-12(9-24-26)4-5-15(31-3)18(17)27(2)32(29,30)14-10-25-28(11-14)16-8-13(6-7-23-16)19(20,21)22/h4-11H,1-3H3/i1D3. The summed E-state index contributed by atoms with van der Waals surface area (Å²) in [6, 6.07) is 4.50. The van der Waals surface area contributed by atoms with E-state index in [-0.39, 0.29) is 27.7 Å². The average molecular weight is 469 g/mol. The number of methoxy groups -OCH3 is 1. The molecule has 0 aliphatic carbocycles. The van der Waals surface area contributed by atoms with Crippen LogP contribution in [0.25, 0.3) is 16.7 Å². The van der Waals surface area contributed by atoms with E-state index in [0.717, 1.165) is 39.7 Å². The number of anilines is 1. The van der Waals surface area contributed by atoms with Gasteiger partial charge in [-0.15, -0.1) is 0 Å². The van der Waals surface area contributed by atoms with Crippen molar-refractivity contribution in [2.75, 3.05) is 18.5 Å². The van der Waals surface area contributed by atoms with Crippen molar-refractivity contribution in [3.63, 3.8) is 0 Å². The van der Waals surface area contributed by atoms with E-state index in [1.54, 1.807) is 0 Å². The van der Waals surface area contributed by atoms with Gasteiger partial charge in [0, 0.05) is 29.7 Å². The lowest BCUT2D eigenvalue weighted by molar-refractivity contribution is -0.137. The number of halogens is 3. The van der Waals surface area contributed by atoms with Gasteiger partial charge in [0.1, 0.15) is 16.3 Å². The zero-order valence-corrected chi connectivity index (χ0v) is 17.4. The van der Waals surface area contributed by atoms with Crippen molar-refractivity contribution in [3.8, 4) is 11.6 Å². The summed E-state index contributed by atoms with van der Waals surface area (Å²) in [6.45, 7) is -2.71. The highest BCUT2D eigenvalue weighted by Crippen LogP contribution is 2.38. The number of hydrogen-bond donors (Lipinski definition) is 0. The lowest BCUT2D eigenvalue weighted by Gasteiger charge is -2.22. The van der Waals surface area contributed by atoms with Gasteiger partial charge in [-0.05, 0) is 24.3 Å². The van der Waals surface area contributed by atoms with Gasteiger partial charge >= 0.3 is 6.18 Å². The fraction of sp³-hybridized carbons (Fsp3) is 0.211. The molecular formula is C19H17F3N6O3S. The molecule has 4 rings (SSSR count). The molecule has 0 fully saturated rings. The van der Waals surface area contributed by atoms with Crippen molar-refractivity contribution in [2.24, 2.45) is 6.98 Å². The maximum atomic E-state index is 13.4. The molecule has 168 valence electrons. The Morgan fingerprint density at radius 3 is 2.66 bits per heavy atom. The molecule has 0 atom stereocenters. The Hall–Kier alpha value is -3.61. The Labute approximate surface area is 184 Å². The van der Waals surface area contributed by atoms with E-state index in [1.807, 2.05) is 0 Å². The number of ether oxygens (including phenoxy) is 1. The predicted octanol–water partition coefficient (Wildman–Crippen LogP) is 3.01. The maximum Gasteiger partial charge on any atom is 0.416 e. The SMILES string of the molecule is [2H]C([2H])([2H])n1ncc2ccc(OC)c(N(C)S(=O)(=O)c3cnn(-c4cc(C(F)(F)F)ccn4)c3)c21. The largest absolute Gasteiger partial charge is 0.494 e. The predicted molar refractivity (Wildman–Crippen MR) is 109 cm³/mol. The summed E-state index contributed by atoms with van der Waals surface area (Å²) >= 11 is 0. The highest BCUT2D eigenvalue weighted by atomic mass is 32.2. The molecule has 0 unspecified atom stereocenters. The number of fused-ring (bicyclic) bond motifs is 1. The van der Waals surface area contributed by atoms with Crippen molar-refractivity contribution in [3.05, 3.63) is 54.6 Å². The average Bonchev–Trinajstić information content (AvgIpc) is 3.45. The van der Waals surface area contributed by atoms with Crippen LogP contribution >= 0.6 is 0 Å². The van der Waals surface area contributed by atoms with Crippen LogP contribution in [0.4, 0.5) is 18.9 Å². The fourth-order valence-electron chi connectivity index (χ4n) is 3.11. The molecular weight excluding hydrogens is 449 g/mol. The third kappa shape index (κ3) is 3.53. The van der Waals surface area contributed by atoms with Crippen LogP contribution in [0.1, 0.15) is 9.68 Å². The number of sulfonamides is 1. The Kier molecular flexibility index (Phi) is 4.23. The van der Waals surface area contributed by atoms with Gasteiger partial charge in [0.25, 0.3) is 10.0 Å². The van der Waals surface area contributed by atoms with Gasteiger partial charge in [-0.1, -0.05) is 0 Å². The summed E-state index contributed by atoms with van der Waals surface area (Å²) < 4.78 is 96.9. The molecule has 0 saturated heterocycles. The van der Waals surface area contributed by atoms with Crippen LogP contribution in [0.3, 0.4) is 0 Å². The van der Waals surface area contributed by atoms with E-state index in [4.69, 9.17) is 8.85 Å². The molecule has 0 aliphatic rings. The van der Waals surface area contributed by atoms with E-state index in [1.165, 1.54) is 32.5 Å². The van der Waals surface area contributed by atoms with Crippen LogP contribution in [-0.2, 0) is 23.2 Å². The molecule has 13 heteroatoms. The summed E-state index contributed by atoms with van der Waals surface area (Å²) in [7, 11) is -1.91. The first-order chi connectivity index (χ1) is 16.2. The summed E-state index contributed by atoms with van der Waals surface area (Å²) in [5, 5.41) is 8.07. The third-order valence-electron chi connectivity index (χ3n) is 4.73. The van der Waals surface area contributed by atoms with Crippen LogP contribution in [0.15, 0.2) is 53.9 Å². The molecule has 0 amide bonds. The van der Waals surface area contributed by atoms with Crippen LogP contribution in [-0.4, -0.2) is 47.1 Å². The number of nitrogens with zero attached hydrogens (tertiary/aromatic N) is 6. The summed E-state index contributed by atoms with van der Waals surface area (Å²) in [5.41, 5.74) is -1.08. The molecule has 0 saturated carbocycles. The summed E-state index contributed by atoms with van der Waals surface area (Å²) in [6.07, 6.45) is -0.464. The van der Waals surface area contributed by atoms with Crippen molar-refractivity contribution in [1.82, 2.24) is 24.5 Å². The normalized spacial score (nSPS) is 14.1. The van der Waals surface area contributed by atoms with Gasteiger partial charge in [0.2, 0.25) is 0 Å². The van der Waals surface area contributed by atoms with E-state index in [9.17, 15) is 21.6 Å². The number of hydrogen-bond acceptors (Lipinski definition) is 6. The molecule has 9 nitrogen and oxygen atoms in total. The quantitative estimate of drug-likeness (QED) is 0.446. The van der Waals surface area contributed by atoms with Gasteiger partial charge in [0.05, 0.1) is 36.8 Å². The molecule has 0 bridgehead atoms. The van der Waals surface area contributed by atoms with Crippen LogP contribution in [0, 0.1) is 0 Å². The van der Waals surface area contributed by atoms with Crippen LogP contribution in [0.5, 0.6) is 5.75 Å². The van der Waals surface area contributed by atoms with Crippen LogP contribution in [0.2, 0.25) is 0 Å². The van der Waals surface area contributed by atoms with E-state index >= 15 is 0 Å². The minimum Gasteiger partial charge on any atom is -0.494 e. The van der Waals surface area contributed by atoms with Crippen molar-refractivity contribution in [1.29, 1.82) is 0 Å². The lowest BCUT2D eigenvalue weighted by atomic mass is 10.2. The molecule has 0 radical (unpaired) electrons. The molecule has 0 N–H and O–H groups in total. The second-order valence-electron chi connectivity index (χ2n) is 6.60. The van der Waals surface area contributed by atoms with Crippen molar-refractivity contribution < 1.29 is 30.4 Å². The van der Waals surface area contributed by atoms with E-state index in [0.29, 0.717) is 10.1 Å². The third-order valence-corrected chi connectivity index (χ3v) is 6.44. The fourth-order valence-corrected chi connectivity index (χ4v) is 4.26. The lowest BCUT2D eigenvalue weighted by Crippen LogP contribution is -2.27. The van der Waals surface area contributed by atoms with Crippen molar-refractivity contribution in [2.45, 2.75) is 11.1 Å². The Bertz CT molecular complexity index is 1520. The molecule has 4 aromatic rings. The molecule has 3 aromatic heterocycles. The number of aromatic nitrogens is 5. The number of pyridine rings is 1. The number of alkyl halides is 3. The summed E-state index contributed by atoms with van der Waals surface area (Å²) in [4.78, 5) is 3.44. The van der Waals surface area contributed by atoms with Gasteiger partial charge in [0.15, 0.2) is 5.82 Å². The Balaban J connectivity index is 1.82.